The van der Waals surface area contributed by atoms with Gasteiger partial charge >= 0.3 is 0 Å². The summed E-state index contributed by atoms with van der Waals surface area (Å²) in [6.45, 7) is 9.75. The lowest BCUT2D eigenvalue weighted by Crippen LogP contribution is -2.39. The fraction of sp³-hybridized carbons (Fsp3) is 0.333. The summed E-state index contributed by atoms with van der Waals surface area (Å²) >= 11 is 1.52. The Kier molecular flexibility index (Phi) is 8.02. The van der Waals surface area contributed by atoms with Gasteiger partial charge in [0.1, 0.15) is 0 Å². The molecule has 0 saturated heterocycles. The number of para-hydroxylation sites is 1. The molecule has 4 aromatic rings. The second kappa shape index (κ2) is 11.5. The number of benzene rings is 3. The van der Waals surface area contributed by atoms with Crippen molar-refractivity contribution < 1.29 is 13.2 Å². The number of fused-ring (bicyclic) bond motifs is 2. The number of anilines is 2. The lowest BCUT2D eigenvalue weighted by Gasteiger charge is -2.25. The largest absolute Gasteiger partial charge is 0.302 e. The first-order valence-electron chi connectivity index (χ1n) is 13.5. The minimum atomic E-state index is -3.73. The van der Waals surface area contributed by atoms with Gasteiger partial charge in [-0.15, -0.1) is 0 Å². The second-order valence-corrected chi connectivity index (χ2v) is 12.5. The number of carbonyl (C=O) groups excluding carboxylic acids is 1. The van der Waals surface area contributed by atoms with Gasteiger partial charge in [-0.25, -0.2) is 13.4 Å². The molecular formula is C30H34N4O3S2. The van der Waals surface area contributed by atoms with E-state index in [0.717, 1.165) is 47.5 Å². The molecule has 0 fully saturated rings. The Hall–Kier alpha value is -3.27. The van der Waals surface area contributed by atoms with Crippen LogP contribution in [0.5, 0.6) is 0 Å². The smallest absolute Gasteiger partial charge is 0.264 e. The van der Waals surface area contributed by atoms with Crippen LogP contribution in [0.1, 0.15) is 42.3 Å². The Morgan fingerprint density at radius 3 is 2.44 bits per heavy atom. The highest BCUT2D eigenvalue weighted by molar-refractivity contribution is 7.92. The molecule has 0 bridgehead atoms. The van der Waals surface area contributed by atoms with Crippen molar-refractivity contribution in [1.82, 2.24) is 9.88 Å². The molecule has 7 nitrogen and oxygen atoms in total. The van der Waals surface area contributed by atoms with E-state index >= 15 is 0 Å². The zero-order valence-electron chi connectivity index (χ0n) is 22.6. The number of sulfonamides is 1. The molecule has 0 atom stereocenters. The molecule has 0 unspecified atom stereocenters. The van der Waals surface area contributed by atoms with E-state index < -0.39 is 10.0 Å². The van der Waals surface area contributed by atoms with Crippen molar-refractivity contribution in [1.29, 1.82) is 0 Å². The predicted molar refractivity (Wildman–Crippen MR) is 160 cm³/mol. The molecule has 1 aliphatic heterocycles. The van der Waals surface area contributed by atoms with E-state index in [0.29, 0.717) is 30.2 Å². The number of thiazole rings is 1. The first kappa shape index (κ1) is 27.3. The zero-order valence-corrected chi connectivity index (χ0v) is 24.3. The molecule has 0 aliphatic carbocycles. The Morgan fingerprint density at radius 2 is 1.72 bits per heavy atom. The molecular weight excluding hydrogens is 528 g/mol. The average Bonchev–Trinajstić information content (AvgIpc) is 3.59. The van der Waals surface area contributed by atoms with Gasteiger partial charge in [0, 0.05) is 25.2 Å². The number of hydrogen-bond acceptors (Lipinski definition) is 6. The minimum Gasteiger partial charge on any atom is -0.302 e. The third-order valence-electron chi connectivity index (χ3n) is 7.39. The van der Waals surface area contributed by atoms with E-state index in [-0.39, 0.29) is 10.8 Å². The Morgan fingerprint density at radius 1 is 0.974 bits per heavy atom. The maximum absolute atomic E-state index is 13.8. The average molecular weight is 563 g/mol. The summed E-state index contributed by atoms with van der Waals surface area (Å²) in [5.74, 6) is -0.188. The van der Waals surface area contributed by atoms with E-state index in [9.17, 15) is 13.2 Å². The van der Waals surface area contributed by atoms with Crippen LogP contribution in [0, 0.1) is 0 Å². The first-order chi connectivity index (χ1) is 18.8. The van der Waals surface area contributed by atoms with Gasteiger partial charge in [0.05, 0.1) is 20.8 Å². The van der Waals surface area contributed by atoms with Gasteiger partial charge in [-0.05, 0) is 79.5 Å². The van der Waals surface area contributed by atoms with E-state index in [1.165, 1.54) is 33.3 Å². The van der Waals surface area contributed by atoms with Crippen LogP contribution in [0.3, 0.4) is 0 Å². The molecule has 1 amide bonds. The van der Waals surface area contributed by atoms with Crippen LogP contribution in [0.25, 0.3) is 10.2 Å². The number of rotatable bonds is 10. The SMILES string of the molecule is CCc1ccc2nc(N(CCN(CC)CC)C(=O)c3ccc(S(=O)(=O)N4CCc5ccccc54)cc3)sc2c1. The molecule has 0 saturated carbocycles. The molecule has 39 heavy (non-hydrogen) atoms. The minimum absolute atomic E-state index is 0.178. The molecule has 1 aromatic heterocycles. The third-order valence-corrected chi connectivity index (χ3v) is 10.3. The number of likely N-dealkylation sites (N-methyl/N-ethyl adjacent to an activating group) is 1. The topological polar surface area (TPSA) is 73.8 Å². The van der Waals surface area contributed by atoms with Crippen LogP contribution in [-0.4, -0.2) is 56.9 Å². The summed E-state index contributed by atoms with van der Waals surface area (Å²) in [5.41, 5.74) is 4.29. The third kappa shape index (κ3) is 5.44. The highest BCUT2D eigenvalue weighted by atomic mass is 32.2. The molecule has 5 rings (SSSR count). The number of carbonyl (C=O) groups is 1. The summed E-state index contributed by atoms with van der Waals surface area (Å²) in [6, 6.07) is 20.1. The van der Waals surface area contributed by atoms with Crippen molar-refractivity contribution in [3.63, 3.8) is 0 Å². The Bertz CT molecular complexity index is 1580. The van der Waals surface area contributed by atoms with E-state index in [1.54, 1.807) is 17.0 Å². The maximum atomic E-state index is 13.8. The van der Waals surface area contributed by atoms with Gasteiger partial charge in [-0.3, -0.25) is 14.0 Å². The lowest BCUT2D eigenvalue weighted by molar-refractivity contribution is 0.0983. The zero-order chi connectivity index (χ0) is 27.6. The number of hydrogen-bond donors (Lipinski definition) is 0. The van der Waals surface area contributed by atoms with E-state index in [1.807, 2.05) is 30.3 Å². The molecule has 0 N–H and O–H groups in total. The lowest BCUT2D eigenvalue weighted by atomic mass is 10.2. The Balaban J connectivity index is 1.43. The van der Waals surface area contributed by atoms with Crippen molar-refractivity contribution in [3.8, 4) is 0 Å². The molecule has 1 aliphatic rings. The van der Waals surface area contributed by atoms with Crippen molar-refractivity contribution >= 4 is 48.3 Å². The van der Waals surface area contributed by atoms with Crippen molar-refractivity contribution in [2.24, 2.45) is 0 Å². The van der Waals surface area contributed by atoms with Crippen LogP contribution in [-0.2, 0) is 22.9 Å². The normalized spacial score (nSPS) is 13.3. The van der Waals surface area contributed by atoms with E-state index in [2.05, 4.69) is 37.8 Å². The van der Waals surface area contributed by atoms with Crippen molar-refractivity contribution in [2.45, 2.75) is 38.5 Å². The van der Waals surface area contributed by atoms with Crippen LogP contribution in [0.2, 0.25) is 0 Å². The summed E-state index contributed by atoms with van der Waals surface area (Å²) in [5, 5.41) is 0.654. The van der Waals surface area contributed by atoms with Crippen LogP contribution in [0.15, 0.2) is 71.6 Å². The van der Waals surface area contributed by atoms with E-state index in [4.69, 9.17) is 4.98 Å². The quantitative estimate of drug-likeness (QED) is 0.252. The molecule has 0 radical (unpaired) electrons. The van der Waals surface area contributed by atoms with Crippen molar-refractivity contribution in [2.75, 3.05) is 41.9 Å². The number of nitrogens with zero attached hydrogens (tertiary/aromatic N) is 4. The number of aryl methyl sites for hydroxylation is 1. The van der Waals surface area contributed by atoms with Crippen molar-refractivity contribution in [3.05, 3.63) is 83.4 Å². The highest BCUT2D eigenvalue weighted by Crippen LogP contribution is 2.33. The molecule has 0 spiro atoms. The number of amides is 1. The standard InChI is InChI=1S/C30H34N4O3S2/c1-4-22-11-16-26-28(21-22)38-30(31-26)33(20-19-32(5-2)6-3)29(35)24-12-14-25(15-13-24)39(36,37)34-18-17-23-9-7-8-10-27(23)34/h7-16,21H,4-6,17-20H2,1-3H3. The van der Waals surface area contributed by atoms with Gasteiger partial charge in [0.15, 0.2) is 5.13 Å². The fourth-order valence-corrected chi connectivity index (χ4v) is 7.52. The Labute approximate surface area is 234 Å². The van der Waals surface area contributed by atoms with Gasteiger partial charge in [0.2, 0.25) is 0 Å². The van der Waals surface area contributed by atoms with Gasteiger partial charge in [-0.2, -0.15) is 0 Å². The summed E-state index contributed by atoms with van der Waals surface area (Å²) in [7, 11) is -3.73. The van der Waals surface area contributed by atoms with Gasteiger partial charge in [0.25, 0.3) is 15.9 Å². The fourth-order valence-electron chi connectivity index (χ4n) is 4.97. The van der Waals surface area contributed by atoms with Crippen LogP contribution < -0.4 is 9.21 Å². The summed E-state index contributed by atoms with van der Waals surface area (Å²) in [4.78, 5) is 22.8. The molecule has 3 aromatic carbocycles. The summed E-state index contributed by atoms with van der Waals surface area (Å²) in [6.07, 6.45) is 1.63. The molecule has 9 heteroatoms. The monoisotopic (exact) mass is 562 g/mol. The first-order valence-corrected chi connectivity index (χ1v) is 15.8. The molecule has 2 heterocycles. The second-order valence-electron chi connectivity index (χ2n) is 9.62. The van der Waals surface area contributed by atoms with Crippen LogP contribution >= 0.6 is 11.3 Å². The predicted octanol–water partition coefficient (Wildman–Crippen LogP) is 5.60. The summed E-state index contributed by atoms with van der Waals surface area (Å²) < 4.78 is 29.4. The van der Waals surface area contributed by atoms with Gasteiger partial charge < -0.3 is 4.90 Å². The van der Waals surface area contributed by atoms with Crippen LogP contribution in [0.4, 0.5) is 10.8 Å². The maximum Gasteiger partial charge on any atom is 0.264 e. The van der Waals surface area contributed by atoms with Gasteiger partial charge in [-0.1, -0.05) is 56.4 Å². The highest BCUT2D eigenvalue weighted by Gasteiger charge is 2.31. The number of aromatic nitrogens is 1. The molecule has 204 valence electrons.